The largest absolute Gasteiger partial charge is 0.381 e. The molecule has 148 valence electrons. The number of carbonyl (C=O) groups excluding carboxylic acids is 1. The molecule has 1 aromatic rings. The van der Waals surface area contributed by atoms with Crippen LogP contribution in [0, 0.1) is 0 Å². The maximum Gasteiger partial charge on any atom is 0.222 e. The van der Waals surface area contributed by atoms with Gasteiger partial charge in [0.1, 0.15) is 0 Å². The predicted octanol–water partition coefficient (Wildman–Crippen LogP) is 2.17. The summed E-state index contributed by atoms with van der Waals surface area (Å²) in [6, 6.07) is 8.29. The number of likely N-dealkylation sites (N-methyl/N-ethyl adjacent to an activating group) is 1. The second kappa shape index (κ2) is 8.93. The maximum absolute atomic E-state index is 11.7. The maximum atomic E-state index is 11.7. The number of hydrogen-bond donors (Lipinski definition) is 2. The van der Waals surface area contributed by atoms with Crippen LogP contribution in [0.1, 0.15) is 31.2 Å². The van der Waals surface area contributed by atoms with Crippen molar-refractivity contribution in [1.29, 1.82) is 0 Å². The second-order valence-electron chi connectivity index (χ2n) is 7.45. The lowest BCUT2D eigenvalue weighted by molar-refractivity contribution is -0.132. The molecule has 0 radical (unpaired) electrons. The van der Waals surface area contributed by atoms with Crippen LogP contribution in [0.25, 0.3) is 0 Å². The van der Waals surface area contributed by atoms with Gasteiger partial charge >= 0.3 is 0 Å². The van der Waals surface area contributed by atoms with Crippen LogP contribution in [-0.2, 0) is 14.9 Å². The van der Waals surface area contributed by atoms with Crippen molar-refractivity contribution in [3.63, 3.8) is 0 Å². The van der Waals surface area contributed by atoms with E-state index < -0.39 is 0 Å². The third kappa shape index (κ3) is 4.74. The summed E-state index contributed by atoms with van der Waals surface area (Å²) in [6.45, 7) is 2.90. The topological polar surface area (TPSA) is 66.0 Å². The van der Waals surface area contributed by atoms with Gasteiger partial charge in [0.25, 0.3) is 0 Å². The SMILES string of the molecule is CN=C(NCC1(c2ccccc2Cl)CCOCC1)NC1CCC(=O)N(C)C1. The number of halogens is 1. The number of ether oxygens (including phenoxy) is 1. The Bertz CT molecular complexity index is 688. The zero-order chi connectivity index (χ0) is 19.3. The average Bonchev–Trinajstić information content (AvgIpc) is 2.69. The highest BCUT2D eigenvalue weighted by Gasteiger charge is 2.36. The lowest BCUT2D eigenvalue weighted by Gasteiger charge is -2.39. The van der Waals surface area contributed by atoms with Crippen molar-refractivity contribution in [3.8, 4) is 0 Å². The first-order valence-corrected chi connectivity index (χ1v) is 9.96. The first kappa shape index (κ1) is 20.0. The second-order valence-corrected chi connectivity index (χ2v) is 7.86. The van der Waals surface area contributed by atoms with E-state index in [1.54, 1.807) is 11.9 Å². The highest BCUT2D eigenvalue weighted by molar-refractivity contribution is 6.31. The van der Waals surface area contributed by atoms with Gasteiger partial charge < -0.3 is 20.3 Å². The Hall–Kier alpha value is -1.79. The van der Waals surface area contributed by atoms with Gasteiger partial charge in [0.15, 0.2) is 5.96 Å². The molecule has 3 rings (SSSR count). The molecule has 2 heterocycles. The number of nitrogens with one attached hydrogen (secondary N) is 2. The Kier molecular flexibility index (Phi) is 6.60. The van der Waals surface area contributed by atoms with E-state index in [1.165, 1.54) is 5.56 Å². The summed E-state index contributed by atoms with van der Waals surface area (Å²) in [5.41, 5.74) is 1.09. The molecule has 6 nitrogen and oxygen atoms in total. The molecular weight excluding hydrogens is 364 g/mol. The molecule has 1 amide bonds. The van der Waals surface area contributed by atoms with E-state index in [0.717, 1.165) is 50.0 Å². The van der Waals surface area contributed by atoms with Crippen LogP contribution in [0.4, 0.5) is 0 Å². The summed E-state index contributed by atoms with van der Waals surface area (Å²) in [5.74, 6) is 0.969. The number of hydrogen-bond acceptors (Lipinski definition) is 3. The lowest BCUT2D eigenvalue weighted by atomic mass is 9.74. The molecule has 2 aliphatic rings. The van der Waals surface area contributed by atoms with Crippen molar-refractivity contribution < 1.29 is 9.53 Å². The molecule has 2 aliphatic heterocycles. The van der Waals surface area contributed by atoms with Gasteiger partial charge in [-0.25, -0.2) is 0 Å². The fourth-order valence-electron chi connectivity index (χ4n) is 3.97. The number of aliphatic imine (C=N–C) groups is 1. The number of benzene rings is 1. The zero-order valence-electron chi connectivity index (χ0n) is 16.1. The molecule has 2 N–H and O–H groups in total. The summed E-state index contributed by atoms with van der Waals surface area (Å²) in [7, 11) is 3.62. The van der Waals surface area contributed by atoms with Crippen LogP contribution in [0.2, 0.25) is 5.02 Å². The van der Waals surface area contributed by atoms with E-state index in [0.29, 0.717) is 13.0 Å². The van der Waals surface area contributed by atoms with E-state index in [1.807, 2.05) is 25.2 Å². The quantitative estimate of drug-likeness (QED) is 0.608. The Balaban J connectivity index is 1.67. The van der Waals surface area contributed by atoms with E-state index >= 15 is 0 Å². The van der Waals surface area contributed by atoms with Gasteiger partial charge in [0.2, 0.25) is 5.91 Å². The first-order valence-electron chi connectivity index (χ1n) is 9.58. The first-order chi connectivity index (χ1) is 13.0. The molecule has 2 saturated heterocycles. The van der Waals surface area contributed by atoms with Gasteiger partial charge in [0.05, 0.1) is 0 Å². The van der Waals surface area contributed by atoms with Crippen LogP contribution >= 0.6 is 11.6 Å². The predicted molar refractivity (Wildman–Crippen MR) is 108 cm³/mol. The summed E-state index contributed by atoms with van der Waals surface area (Å²) in [4.78, 5) is 17.8. The van der Waals surface area contributed by atoms with Gasteiger partial charge in [-0.1, -0.05) is 29.8 Å². The molecule has 0 aliphatic carbocycles. The number of guanidine groups is 1. The van der Waals surface area contributed by atoms with Crippen molar-refractivity contribution >= 4 is 23.5 Å². The molecule has 1 aromatic carbocycles. The molecular formula is C20H29ClN4O2. The van der Waals surface area contributed by atoms with Crippen molar-refractivity contribution in [3.05, 3.63) is 34.9 Å². The standard InChI is InChI=1S/C20H29ClN4O2/c1-22-19(24-15-7-8-18(26)25(2)13-15)23-14-20(9-11-27-12-10-20)16-5-3-4-6-17(16)21/h3-6,15H,7-14H2,1-2H3,(H2,22,23,24). The van der Waals surface area contributed by atoms with Crippen LogP contribution in [0.15, 0.2) is 29.3 Å². The van der Waals surface area contributed by atoms with Crippen molar-refractivity contribution in [2.45, 2.75) is 37.1 Å². The minimum atomic E-state index is -0.0759. The molecule has 0 aromatic heterocycles. The Labute approximate surface area is 166 Å². The molecule has 27 heavy (non-hydrogen) atoms. The molecule has 1 unspecified atom stereocenters. The van der Waals surface area contributed by atoms with Crippen LogP contribution in [0.5, 0.6) is 0 Å². The molecule has 2 fully saturated rings. The molecule has 0 spiro atoms. The monoisotopic (exact) mass is 392 g/mol. The Morgan fingerprint density at radius 3 is 2.78 bits per heavy atom. The van der Waals surface area contributed by atoms with E-state index in [2.05, 4.69) is 21.7 Å². The summed E-state index contributed by atoms with van der Waals surface area (Å²) < 4.78 is 5.61. The molecule has 0 saturated carbocycles. The summed E-state index contributed by atoms with van der Waals surface area (Å²) in [5, 5.41) is 7.76. The van der Waals surface area contributed by atoms with E-state index in [9.17, 15) is 4.79 Å². The minimum absolute atomic E-state index is 0.0759. The third-order valence-corrected chi connectivity index (χ3v) is 6.01. The highest BCUT2D eigenvalue weighted by atomic mass is 35.5. The van der Waals surface area contributed by atoms with Gasteiger partial charge in [-0.15, -0.1) is 0 Å². The molecule has 0 bridgehead atoms. The van der Waals surface area contributed by atoms with Crippen LogP contribution in [-0.4, -0.2) is 63.2 Å². The summed E-state index contributed by atoms with van der Waals surface area (Å²) in [6.07, 6.45) is 3.24. The number of carbonyl (C=O) groups is 1. The van der Waals surface area contributed by atoms with Crippen LogP contribution < -0.4 is 10.6 Å². The average molecular weight is 393 g/mol. The van der Waals surface area contributed by atoms with Crippen molar-refractivity contribution in [1.82, 2.24) is 15.5 Å². The smallest absolute Gasteiger partial charge is 0.222 e. The number of rotatable bonds is 4. The van der Waals surface area contributed by atoms with Gasteiger partial charge in [-0.2, -0.15) is 0 Å². The van der Waals surface area contributed by atoms with Gasteiger partial charge in [-0.05, 0) is 30.9 Å². The number of piperidine rings is 1. The Morgan fingerprint density at radius 2 is 2.11 bits per heavy atom. The minimum Gasteiger partial charge on any atom is -0.381 e. The van der Waals surface area contributed by atoms with Crippen LogP contribution in [0.3, 0.4) is 0 Å². The summed E-state index contributed by atoms with van der Waals surface area (Å²) >= 11 is 6.53. The van der Waals surface area contributed by atoms with E-state index in [-0.39, 0.29) is 17.4 Å². The van der Waals surface area contributed by atoms with Gasteiger partial charge in [0, 0.05) is 63.3 Å². The van der Waals surface area contributed by atoms with Gasteiger partial charge in [-0.3, -0.25) is 9.79 Å². The number of likely N-dealkylation sites (tertiary alicyclic amines) is 1. The molecule has 7 heteroatoms. The van der Waals surface area contributed by atoms with Crippen molar-refractivity contribution in [2.75, 3.05) is 40.4 Å². The molecule has 1 atom stereocenters. The highest BCUT2D eigenvalue weighted by Crippen LogP contribution is 2.38. The number of nitrogens with zero attached hydrogens (tertiary/aromatic N) is 2. The third-order valence-electron chi connectivity index (χ3n) is 5.68. The fraction of sp³-hybridized carbons (Fsp3) is 0.600. The normalized spacial score (nSPS) is 23.2. The van der Waals surface area contributed by atoms with Crippen molar-refractivity contribution in [2.24, 2.45) is 4.99 Å². The zero-order valence-corrected chi connectivity index (χ0v) is 16.9. The van der Waals surface area contributed by atoms with E-state index in [4.69, 9.17) is 16.3 Å². The Morgan fingerprint density at radius 1 is 1.37 bits per heavy atom. The fourth-order valence-corrected chi connectivity index (χ4v) is 4.30. The number of amides is 1. The lowest BCUT2D eigenvalue weighted by Crippen LogP contribution is -2.54.